The molecule has 148 valence electrons. The Hall–Kier alpha value is -2.73. The Morgan fingerprint density at radius 1 is 1.18 bits per heavy atom. The van der Waals surface area contributed by atoms with Crippen LogP contribution in [0.25, 0.3) is 0 Å². The zero-order valence-electron chi connectivity index (χ0n) is 16.2. The number of carbonyl (C=O) groups is 2. The molecule has 2 atom stereocenters. The van der Waals surface area contributed by atoms with Gasteiger partial charge in [0.05, 0.1) is 5.69 Å². The van der Waals surface area contributed by atoms with E-state index >= 15 is 0 Å². The summed E-state index contributed by atoms with van der Waals surface area (Å²) in [5.74, 6) is -0.881. The summed E-state index contributed by atoms with van der Waals surface area (Å²) in [6.07, 6.45) is 0.312. The van der Waals surface area contributed by atoms with E-state index in [-0.39, 0.29) is 40.9 Å². The lowest BCUT2D eigenvalue weighted by Gasteiger charge is -2.17. The van der Waals surface area contributed by atoms with Crippen molar-refractivity contribution >= 4 is 17.5 Å². The van der Waals surface area contributed by atoms with E-state index in [4.69, 9.17) is 5.73 Å². The quantitative estimate of drug-likeness (QED) is 0.831. The van der Waals surface area contributed by atoms with Crippen molar-refractivity contribution in [2.75, 3.05) is 18.4 Å². The highest BCUT2D eigenvalue weighted by Gasteiger charge is 2.34. The third kappa shape index (κ3) is 4.57. The first-order valence-corrected chi connectivity index (χ1v) is 9.54. The predicted molar refractivity (Wildman–Crippen MR) is 108 cm³/mol. The van der Waals surface area contributed by atoms with Gasteiger partial charge in [-0.15, -0.1) is 0 Å². The van der Waals surface area contributed by atoms with Gasteiger partial charge in [-0.2, -0.15) is 0 Å². The normalized spacial score (nSPS) is 19.1. The molecule has 0 spiro atoms. The highest BCUT2D eigenvalue weighted by molar-refractivity contribution is 5.96. The van der Waals surface area contributed by atoms with E-state index < -0.39 is 5.82 Å². The zero-order chi connectivity index (χ0) is 20.3. The van der Waals surface area contributed by atoms with Crippen LogP contribution in [-0.4, -0.2) is 35.8 Å². The Morgan fingerprint density at radius 2 is 1.89 bits per heavy atom. The maximum absolute atomic E-state index is 14.4. The molecule has 0 aromatic heterocycles. The number of likely N-dealkylation sites (tertiary alicyclic amines) is 1. The third-order valence-electron chi connectivity index (χ3n) is 4.96. The zero-order valence-corrected chi connectivity index (χ0v) is 16.2. The van der Waals surface area contributed by atoms with Crippen LogP contribution >= 0.6 is 0 Å². The molecule has 2 aromatic rings. The summed E-state index contributed by atoms with van der Waals surface area (Å²) in [5, 5.41) is 2.55. The molecule has 3 rings (SSSR count). The van der Waals surface area contributed by atoms with Gasteiger partial charge in [0.25, 0.3) is 5.91 Å². The molecule has 1 saturated heterocycles. The molecule has 1 aliphatic heterocycles. The Labute approximate surface area is 164 Å². The van der Waals surface area contributed by atoms with Gasteiger partial charge in [0.1, 0.15) is 5.82 Å². The van der Waals surface area contributed by atoms with E-state index in [1.165, 1.54) is 18.2 Å². The number of anilines is 1. The van der Waals surface area contributed by atoms with Gasteiger partial charge < -0.3 is 16.0 Å². The fourth-order valence-corrected chi connectivity index (χ4v) is 3.55. The van der Waals surface area contributed by atoms with E-state index in [0.717, 1.165) is 5.56 Å². The van der Waals surface area contributed by atoms with Crippen LogP contribution < -0.4 is 11.1 Å². The van der Waals surface area contributed by atoms with Crippen molar-refractivity contribution in [1.82, 2.24) is 4.90 Å². The van der Waals surface area contributed by atoms with Gasteiger partial charge in [-0.1, -0.05) is 44.2 Å². The van der Waals surface area contributed by atoms with Gasteiger partial charge in [0.2, 0.25) is 5.91 Å². The lowest BCUT2D eigenvalue weighted by atomic mass is 9.95. The van der Waals surface area contributed by atoms with Gasteiger partial charge in [0, 0.05) is 37.0 Å². The van der Waals surface area contributed by atoms with E-state index in [1.54, 1.807) is 4.90 Å². The summed E-state index contributed by atoms with van der Waals surface area (Å²) in [6, 6.07) is 13.8. The number of benzene rings is 2. The predicted octanol–water partition coefficient (Wildman–Crippen LogP) is 3.38. The van der Waals surface area contributed by atoms with Crippen molar-refractivity contribution in [3.8, 4) is 0 Å². The second kappa shape index (κ2) is 8.52. The van der Waals surface area contributed by atoms with E-state index in [2.05, 4.69) is 5.32 Å². The van der Waals surface area contributed by atoms with Crippen molar-refractivity contribution in [2.45, 2.75) is 32.2 Å². The van der Waals surface area contributed by atoms with Crippen molar-refractivity contribution in [2.24, 2.45) is 11.7 Å². The fraction of sp³-hybridized carbons (Fsp3) is 0.364. The first kappa shape index (κ1) is 20.0. The van der Waals surface area contributed by atoms with E-state index in [1.807, 2.05) is 44.2 Å². The molecule has 3 N–H and O–H groups in total. The topological polar surface area (TPSA) is 75.4 Å². The van der Waals surface area contributed by atoms with Crippen molar-refractivity contribution in [3.63, 3.8) is 0 Å². The van der Waals surface area contributed by atoms with E-state index in [0.29, 0.717) is 19.5 Å². The number of hydrogen-bond acceptors (Lipinski definition) is 3. The van der Waals surface area contributed by atoms with Gasteiger partial charge in [-0.05, 0) is 29.7 Å². The largest absolute Gasteiger partial charge is 0.336 e. The van der Waals surface area contributed by atoms with Gasteiger partial charge >= 0.3 is 0 Å². The summed E-state index contributed by atoms with van der Waals surface area (Å²) < 4.78 is 14.4. The SMILES string of the molecule is CC(C)CC(=O)Nc1ccc(C(=O)N2C[C@@H](N)[C@H](c3ccccc3)C2)cc1F. The van der Waals surface area contributed by atoms with Gasteiger partial charge in [0.15, 0.2) is 0 Å². The number of nitrogens with zero attached hydrogens (tertiary/aromatic N) is 1. The van der Waals surface area contributed by atoms with Crippen LogP contribution in [0, 0.1) is 11.7 Å². The van der Waals surface area contributed by atoms with Crippen LogP contribution in [-0.2, 0) is 4.79 Å². The molecule has 0 bridgehead atoms. The summed E-state index contributed by atoms with van der Waals surface area (Å²) in [7, 11) is 0. The molecular weight excluding hydrogens is 357 g/mol. The molecule has 5 nitrogen and oxygen atoms in total. The van der Waals surface area contributed by atoms with Crippen LogP contribution in [0.5, 0.6) is 0 Å². The second-order valence-corrected chi connectivity index (χ2v) is 7.73. The third-order valence-corrected chi connectivity index (χ3v) is 4.96. The standard InChI is InChI=1S/C22H26FN3O2/c1-14(2)10-21(27)25-20-9-8-16(11-18(20)23)22(28)26-12-17(19(24)13-26)15-6-4-3-5-7-15/h3-9,11,14,17,19H,10,12-13,24H2,1-2H3,(H,25,27)/t17-,19+/m0/s1. The Kier molecular flexibility index (Phi) is 6.09. The van der Waals surface area contributed by atoms with Crippen LogP contribution in [0.4, 0.5) is 10.1 Å². The number of rotatable bonds is 5. The first-order valence-electron chi connectivity index (χ1n) is 9.54. The van der Waals surface area contributed by atoms with Crippen molar-refractivity contribution in [1.29, 1.82) is 0 Å². The van der Waals surface area contributed by atoms with Gasteiger partial charge in [-0.3, -0.25) is 9.59 Å². The first-order chi connectivity index (χ1) is 13.3. The second-order valence-electron chi connectivity index (χ2n) is 7.73. The van der Waals surface area contributed by atoms with Gasteiger partial charge in [-0.25, -0.2) is 4.39 Å². The monoisotopic (exact) mass is 383 g/mol. The van der Waals surface area contributed by atoms with E-state index in [9.17, 15) is 14.0 Å². The Bertz CT molecular complexity index is 854. The number of amides is 2. The van der Waals surface area contributed by atoms with Crippen LogP contribution in [0.2, 0.25) is 0 Å². The molecule has 1 fully saturated rings. The number of nitrogens with two attached hydrogens (primary N) is 1. The average Bonchev–Trinajstić information content (AvgIpc) is 3.04. The lowest BCUT2D eigenvalue weighted by Crippen LogP contribution is -2.32. The summed E-state index contributed by atoms with van der Waals surface area (Å²) in [5.41, 5.74) is 7.68. The van der Waals surface area contributed by atoms with Crippen molar-refractivity contribution in [3.05, 3.63) is 65.5 Å². The highest BCUT2D eigenvalue weighted by Crippen LogP contribution is 2.28. The van der Waals surface area contributed by atoms with Crippen LogP contribution in [0.15, 0.2) is 48.5 Å². The Morgan fingerprint density at radius 3 is 2.54 bits per heavy atom. The maximum atomic E-state index is 14.4. The molecule has 6 heteroatoms. The van der Waals surface area contributed by atoms with Crippen LogP contribution in [0.1, 0.15) is 42.1 Å². The molecule has 0 unspecified atom stereocenters. The molecule has 0 aliphatic carbocycles. The molecule has 0 radical (unpaired) electrons. The lowest BCUT2D eigenvalue weighted by molar-refractivity contribution is -0.116. The molecule has 2 aromatic carbocycles. The number of carbonyl (C=O) groups excluding carboxylic acids is 2. The maximum Gasteiger partial charge on any atom is 0.254 e. The highest BCUT2D eigenvalue weighted by atomic mass is 19.1. The smallest absolute Gasteiger partial charge is 0.254 e. The molecule has 1 aliphatic rings. The molecule has 2 amide bonds. The van der Waals surface area contributed by atoms with Crippen LogP contribution in [0.3, 0.4) is 0 Å². The number of hydrogen-bond donors (Lipinski definition) is 2. The average molecular weight is 383 g/mol. The molecular formula is C22H26FN3O2. The molecule has 1 heterocycles. The fourth-order valence-electron chi connectivity index (χ4n) is 3.55. The minimum Gasteiger partial charge on any atom is -0.336 e. The molecule has 28 heavy (non-hydrogen) atoms. The summed E-state index contributed by atoms with van der Waals surface area (Å²) >= 11 is 0. The summed E-state index contributed by atoms with van der Waals surface area (Å²) in [6.45, 7) is 4.76. The Balaban J connectivity index is 1.69. The van der Waals surface area contributed by atoms with Crippen molar-refractivity contribution < 1.29 is 14.0 Å². The molecule has 0 saturated carbocycles. The summed E-state index contributed by atoms with van der Waals surface area (Å²) in [4.78, 5) is 26.3. The minimum atomic E-state index is -0.619. The number of nitrogens with one attached hydrogen (secondary N) is 1. The number of halogens is 1. The minimum absolute atomic E-state index is 0.0598.